The molecular weight excluding hydrogens is 429 g/mol. The van der Waals surface area contributed by atoms with Crippen LogP contribution in [0.15, 0.2) is 66.4 Å². The third-order valence-electron chi connectivity index (χ3n) is 4.45. The van der Waals surface area contributed by atoms with Gasteiger partial charge in [0.05, 0.1) is 10.7 Å². The van der Waals surface area contributed by atoms with Gasteiger partial charge in [-0.1, -0.05) is 23.2 Å². The van der Waals surface area contributed by atoms with Gasteiger partial charge in [-0.2, -0.15) is 0 Å². The van der Waals surface area contributed by atoms with Gasteiger partial charge in [0, 0.05) is 22.6 Å². The maximum Gasteiger partial charge on any atom is 0.335 e. The number of carbonyl (C=O) groups excluding carboxylic acids is 3. The van der Waals surface area contributed by atoms with E-state index in [1.807, 2.05) is 0 Å². The SMILES string of the molecule is O=C1NC(=O)N(c2ccc(Cl)cc2Cl)C(=O)/C1=C/c1cccn1-c1ccc(O)cc1. The number of carbonyl (C=O) groups is 3. The second-order valence-corrected chi connectivity index (χ2v) is 7.22. The fourth-order valence-electron chi connectivity index (χ4n) is 3.05. The van der Waals surface area contributed by atoms with Crippen molar-refractivity contribution in [3.8, 4) is 11.4 Å². The predicted molar refractivity (Wildman–Crippen MR) is 113 cm³/mol. The number of barbiturate groups is 1. The van der Waals surface area contributed by atoms with Crippen LogP contribution in [-0.4, -0.2) is 27.5 Å². The van der Waals surface area contributed by atoms with E-state index in [1.54, 1.807) is 35.0 Å². The van der Waals surface area contributed by atoms with Crippen molar-refractivity contribution in [2.45, 2.75) is 0 Å². The number of hydrogen-bond donors (Lipinski definition) is 2. The molecule has 1 fully saturated rings. The number of benzene rings is 2. The van der Waals surface area contributed by atoms with E-state index in [0.717, 1.165) is 4.90 Å². The van der Waals surface area contributed by atoms with Gasteiger partial charge in [-0.05, 0) is 60.7 Å². The number of hydrogen-bond acceptors (Lipinski definition) is 4. The second-order valence-electron chi connectivity index (χ2n) is 6.37. The van der Waals surface area contributed by atoms with Crippen LogP contribution < -0.4 is 10.2 Å². The molecule has 4 amide bonds. The van der Waals surface area contributed by atoms with E-state index in [2.05, 4.69) is 5.32 Å². The summed E-state index contributed by atoms with van der Waals surface area (Å²) in [6, 6.07) is 13.3. The molecule has 0 bridgehead atoms. The Balaban J connectivity index is 1.76. The minimum absolute atomic E-state index is 0.0900. The molecule has 0 atom stereocenters. The summed E-state index contributed by atoms with van der Waals surface area (Å²) in [4.78, 5) is 38.6. The summed E-state index contributed by atoms with van der Waals surface area (Å²) in [5, 5.41) is 12.1. The highest BCUT2D eigenvalue weighted by Gasteiger charge is 2.37. The van der Waals surface area contributed by atoms with Crippen LogP contribution in [0.3, 0.4) is 0 Å². The summed E-state index contributed by atoms with van der Waals surface area (Å²) in [5.41, 5.74) is 1.10. The van der Waals surface area contributed by atoms with Crippen molar-refractivity contribution in [2.75, 3.05) is 4.90 Å². The van der Waals surface area contributed by atoms with E-state index < -0.39 is 17.8 Å². The van der Waals surface area contributed by atoms with E-state index in [4.69, 9.17) is 23.2 Å². The van der Waals surface area contributed by atoms with Crippen LogP contribution in [0.5, 0.6) is 5.75 Å². The van der Waals surface area contributed by atoms with Crippen molar-refractivity contribution < 1.29 is 19.5 Å². The van der Waals surface area contributed by atoms with Crippen molar-refractivity contribution >= 4 is 52.8 Å². The number of rotatable bonds is 3. The van der Waals surface area contributed by atoms with E-state index in [9.17, 15) is 19.5 Å². The summed E-state index contributed by atoms with van der Waals surface area (Å²) in [7, 11) is 0. The first kappa shape index (κ1) is 19.8. The quantitative estimate of drug-likeness (QED) is 0.471. The molecule has 2 aromatic carbocycles. The van der Waals surface area contributed by atoms with Crippen LogP contribution in [0.25, 0.3) is 11.8 Å². The van der Waals surface area contributed by atoms with Gasteiger partial charge in [-0.15, -0.1) is 0 Å². The van der Waals surface area contributed by atoms with E-state index in [-0.39, 0.29) is 22.0 Å². The number of aromatic hydroxyl groups is 1. The molecule has 4 rings (SSSR count). The molecule has 0 unspecified atom stereocenters. The van der Waals surface area contributed by atoms with Gasteiger partial charge < -0.3 is 9.67 Å². The van der Waals surface area contributed by atoms with Crippen molar-refractivity contribution in [2.24, 2.45) is 0 Å². The number of anilines is 1. The van der Waals surface area contributed by atoms with E-state index in [0.29, 0.717) is 16.4 Å². The predicted octanol–water partition coefficient (Wildman–Crippen LogP) is 4.16. The Morgan fingerprint density at radius 1 is 0.967 bits per heavy atom. The maximum atomic E-state index is 13.0. The molecular formula is C21H13Cl2N3O4. The molecule has 30 heavy (non-hydrogen) atoms. The number of nitrogens with one attached hydrogen (secondary N) is 1. The lowest BCUT2D eigenvalue weighted by Gasteiger charge is -2.27. The largest absolute Gasteiger partial charge is 0.508 e. The van der Waals surface area contributed by atoms with Crippen molar-refractivity contribution in [3.63, 3.8) is 0 Å². The number of imide groups is 2. The van der Waals surface area contributed by atoms with Crippen LogP contribution >= 0.6 is 23.2 Å². The molecule has 0 saturated carbocycles. The fourth-order valence-corrected chi connectivity index (χ4v) is 3.54. The molecule has 2 N–H and O–H groups in total. The molecule has 0 aliphatic carbocycles. The molecule has 1 aromatic heterocycles. The smallest absolute Gasteiger partial charge is 0.335 e. The van der Waals surface area contributed by atoms with Gasteiger partial charge in [0.1, 0.15) is 11.3 Å². The number of nitrogens with zero attached hydrogens (tertiary/aromatic N) is 2. The first-order chi connectivity index (χ1) is 14.3. The summed E-state index contributed by atoms with van der Waals surface area (Å²) >= 11 is 12.0. The zero-order valence-electron chi connectivity index (χ0n) is 15.2. The van der Waals surface area contributed by atoms with Crippen molar-refractivity contribution in [1.29, 1.82) is 0 Å². The number of aromatic nitrogens is 1. The summed E-state index contributed by atoms with van der Waals surface area (Å²) < 4.78 is 1.73. The summed E-state index contributed by atoms with van der Waals surface area (Å²) in [5.74, 6) is -1.52. The van der Waals surface area contributed by atoms with Gasteiger partial charge in [-0.25, -0.2) is 9.69 Å². The van der Waals surface area contributed by atoms with Gasteiger partial charge >= 0.3 is 6.03 Å². The molecule has 1 saturated heterocycles. The van der Waals surface area contributed by atoms with Crippen LogP contribution in [-0.2, 0) is 9.59 Å². The number of halogens is 2. The molecule has 0 radical (unpaired) electrons. The fraction of sp³-hybridized carbons (Fsp3) is 0. The third kappa shape index (κ3) is 3.56. The normalized spacial score (nSPS) is 15.6. The second kappa shape index (κ2) is 7.70. The molecule has 150 valence electrons. The molecule has 2 heterocycles. The Morgan fingerprint density at radius 3 is 2.40 bits per heavy atom. The lowest BCUT2D eigenvalue weighted by Crippen LogP contribution is -2.54. The van der Waals surface area contributed by atoms with Crippen molar-refractivity contribution in [3.05, 3.63) is 82.1 Å². The Hall–Kier alpha value is -3.55. The minimum atomic E-state index is -0.903. The molecule has 1 aliphatic heterocycles. The van der Waals surface area contributed by atoms with Gasteiger partial charge in [0.2, 0.25) is 0 Å². The lowest BCUT2D eigenvalue weighted by molar-refractivity contribution is -0.122. The number of phenolic OH excluding ortho intramolecular Hbond substituents is 1. The van der Waals surface area contributed by atoms with Crippen LogP contribution in [0.1, 0.15) is 5.69 Å². The van der Waals surface area contributed by atoms with Crippen molar-refractivity contribution in [1.82, 2.24) is 9.88 Å². The number of urea groups is 1. The van der Waals surface area contributed by atoms with E-state index >= 15 is 0 Å². The summed E-state index contributed by atoms with van der Waals surface area (Å²) in [6.45, 7) is 0. The zero-order valence-corrected chi connectivity index (χ0v) is 16.7. The molecule has 9 heteroatoms. The topological polar surface area (TPSA) is 91.6 Å². The Labute approximate surface area is 180 Å². The Kier molecular flexibility index (Phi) is 5.07. The Bertz CT molecular complexity index is 1220. The molecule has 1 aliphatic rings. The van der Waals surface area contributed by atoms with E-state index in [1.165, 1.54) is 36.4 Å². The summed E-state index contributed by atoms with van der Waals surface area (Å²) in [6.07, 6.45) is 3.12. The number of phenols is 1. The molecule has 3 aromatic rings. The highest BCUT2D eigenvalue weighted by molar-refractivity contribution is 6.42. The molecule has 0 spiro atoms. The molecule has 7 nitrogen and oxygen atoms in total. The third-order valence-corrected chi connectivity index (χ3v) is 4.99. The monoisotopic (exact) mass is 441 g/mol. The Morgan fingerprint density at radius 2 is 1.70 bits per heavy atom. The van der Waals surface area contributed by atoms with Crippen LogP contribution in [0.2, 0.25) is 10.0 Å². The standard InChI is InChI=1S/C21H13Cl2N3O4/c22-12-3-8-18(17(23)10-12)26-20(29)16(19(28)24-21(26)30)11-14-2-1-9-25(14)13-4-6-15(27)7-5-13/h1-11,27H,(H,24,28,30)/b16-11+. The average molecular weight is 442 g/mol. The highest BCUT2D eigenvalue weighted by atomic mass is 35.5. The number of amides is 4. The first-order valence-electron chi connectivity index (χ1n) is 8.68. The lowest BCUT2D eigenvalue weighted by atomic mass is 10.1. The van der Waals surface area contributed by atoms with Crippen LogP contribution in [0.4, 0.5) is 10.5 Å². The highest BCUT2D eigenvalue weighted by Crippen LogP contribution is 2.31. The zero-order chi connectivity index (χ0) is 21.4. The van der Waals surface area contributed by atoms with Gasteiger partial charge in [0.25, 0.3) is 11.8 Å². The van der Waals surface area contributed by atoms with Gasteiger partial charge in [0.15, 0.2) is 0 Å². The van der Waals surface area contributed by atoms with Gasteiger partial charge in [-0.3, -0.25) is 14.9 Å². The average Bonchev–Trinajstić information content (AvgIpc) is 3.15. The first-order valence-corrected chi connectivity index (χ1v) is 9.44. The maximum absolute atomic E-state index is 13.0. The minimum Gasteiger partial charge on any atom is -0.508 e. The van der Waals surface area contributed by atoms with Crippen LogP contribution in [0, 0.1) is 0 Å².